The maximum absolute atomic E-state index is 11.8. The Hall–Kier alpha value is -1.60. The second-order valence-corrected chi connectivity index (χ2v) is 7.75. The predicted molar refractivity (Wildman–Crippen MR) is 103 cm³/mol. The van der Waals surface area contributed by atoms with Crippen molar-refractivity contribution in [3.8, 4) is 17.2 Å². The number of esters is 1. The molecule has 0 bridgehead atoms. The lowest BCUT2D eigenvalue weighted by Gasteiger charge is -2.14. The minimum Gasteiger partial charge on any atom is -0.616 e. The number of halogens is 2. The van der Waals surface area contributed by atoms with Gasteiger partial charge in [-0.2, -0.15) is 0 Å². The number of carbonyl (C=O) groups is 1. The third-order valence-corrected chi connectivity index (χ3v) is 4.48. The normalized spacial score (nSPS) is 13.0. The highest BCUT2D eigenvalue weighted by atomic mass is 35.5. The molecule has 0 saturated carbocycles. The Morgan fingerprint density at radius 3 is 2.42 bits per heavy atom. The van der Waals surface area contributed by atoms with Crippen molar-refractivity contribution in [1.82, 2.24) is 0 Å². The first-order valence-electron chi connectivity index (χ1n) is 7.71. The zero-order chi connectivity index (χ0) is 19.1. The van der Waals surface area contributed by atoms with Gasteiger partial charge in [0.2, 0.25) is 0 Å². The molecule has 8 heteroatoms. The van der Waals surface area contributed by atoms with Gasteiger partial charge in [0.1, 0.15) is 29.6 Å². The maximum Gasteiger partial charge on any atom is 0.347 e. The molecule has 0 aliphatic rings. The monoisotopic (exact) mass is 416 g/mol. The fourth-order valence-electron chi connectivity index (χ4n) is 1.90. The summed E-state index contributed by atoms with van der Waals surface area (Å²) < 4.78 is 27.2. The Bertz CT molecular complexity index is 737. The Labute approximate surface area is 165 Å². The number of benzene rings is 2. The third kappa shape index (κ3) is 6.61. The molecule has 5 nitrogen and oxygen atoms in total. The van der Waals surface area contributed by atoms with Crippen LogP contribution in [-0.2, 0) is 20.7 Å². The summed E-state index contributed by atoms with van der Waals surface area (Å²) in [7, 11) is 0. The minimum absolute atomic E-state index is 0.101. The SMILES string of the molecule is CC(Oc1ccc(Oc2ccc(Cl)cc2Cl)cc1)C(=O)OCC[S+](C)[O-]. The Kier molecular flexibility index (Phi) is 7.90. The smallest absolute Gasteiger partial charge is 0.347 e. The molecule has 0 heterocycles. The van der Waals surface area contributed by atoms with Crippen LogP contribution in [0.5, 0.6) is 17.2 Å². The summed E-state index contributed by atoms with van der Waals surface area (Å²) in [5, 5.41) is 0.930. The van der Waals surface area contributed by atoms with Crippen LogP contribution in [0.1, 0.15) is 6.92 Å². The molecule has 0 aromatic heterocycles. The van der Waals surface area contributed by atoms with Gasteiger partial charge < -0.3 is 18.8 Å². The van der Waals surface area contributed by atoms with Gasteiger partial charge >= 0.3 is 5.97 Å². The van der Waals surface area contributed by atoms with E-state index in [2.05, 4.69) is 0 Å². The highest BCUT2D eigenvalue weighted by molar-refractivity contribution is 7.90. The van der Waals surface area contributed by atoms with Gasteiger partial charge in [-0.1, -0.05) is 34.4 Å². The molecule has 0 aliphatic heterocycles. The van der Waals surface area contributed by atoms with Gasteiger partial charge in [0.15, 0.2) is 6.10 Å². The zero-order valence-electron chi connectivity index (χ0n) is 14.2. The summed E-state index contributed by atoms with van der Waals surface area (Å²) in [4.78, 5) is 11.8. The lowest BCUT2D eigenvalue weighted by molar-refractivity contribution is -0.150. The van der Waals surface area contributed by atoms with Crippen molar-refractivity contribution in [2.24, 2.45) is 0 Å². The van der Waals surface area contributed by atoms with Crippen LogP contribution in [0.4, 0.5) is 0 Å². The van der Waals surface area contributed by atoms with E-state index in [1.165, 1.54) is 0 Å². The van der Waals surface area contributed by atoms with Crippen LogP contribution in [0.3, 0.4) is 0 Å². The fraction of sp³-hybridized carbons (Fsp3) is 0.278. The van der Waals surface area contributed by atoms with Crippen LogP contribution in [0.15, 0.2) is 42.5 Å². The molecule has 0 amide bonds. The second kappa shape index (κ2) is 9.92. The maximum atomic E-state index is 11.8. The third-order valence-electron chi connectivity index (χ3n) is 3.21. The molecule has 0 fully saturated rings. The molecule has 2 unspecified atom stereocenters. The number of rotatable bonds is 8. The largest absolute Gasteiger partial charge is 0.616 e. The Morgan fingerprint density at radius 1 is 1.15 bits per heavy atom. The van der Waals surface area contributed by atoms with E-state index in [4.69, 9.17) is 37.4 Å². The standard InChI is InChI=1S/C18H18Cl2O5S/c1-12(18(21)23-9-10-26(2)22)24-14-4-6-15(7-5-14)25-17-8-3-13(19)11-16(17)20/h3-8,11-12H,9-10H2,1-2H3. The van der Waals surface area contributed by atoms with E-state index in [9.17, 15) is 9.35 Å². The average Bonchev–Trinajstić information content (AvgIpc) is 2.58. The summed E-state index contributed by atoms with van der Waals surface area (Å²) in [5.74, 6) is 1.32. The highest BCUT2D eigenvalue weighted by Gasteiger charge is 2.17. The predicted octanol–water partition coefficient (Wildman–Crippen LogP) is 4.47. The van der Waals surface area contributed by atoms with Crippen LogP contribution in [-0.4, -0.2) is 35.2 Å². The van der Waals surface area contributed by atoms with E-state index >= 15 is 0 Å². The van der Waals surface area contributed by atoms with E-state index in [1.807, 2.05) is 0 Å². The first kappa shape index (κ1) is 20.7. The Morgan fingerprint density at radius 2 is 1.81 bits per heavy atom. The van der Waals surface area contributed by atoms with E-state index in [-0.39, 0.29) is 6.61 Å². The van der Waals surface area contributed by atoms with Crippen LogP contribution < -0.4 is 9.47 Å². The van der Waals surface area contributed by atoms with Crippen LogP contribution >= 0.6 is 23.2 Å². The summed E-state index contributed by atoms with van der Waals surface area (Å²) in [5.41, 5.74) is 0. The van der Waals surface area contributed by atoms with Gasteiger partial charge in [-0.25, -0.2) is 4.79 Å². The minimum atomic E-state index is -1.00. The van der Waals surface area contributed by atoms with Crippen molar-refractivity contribution >= 4 is 40.3 Å². The lowest BCUT2D eigenvalue weighted by Crippen LogP contribution is -2.27. The lowest BCUT2D eigenvalue weighted by atomic mass is 10.3. The Balaban J connectivity index is 1.89. The van der Waals surface area contributed by atoms with Gasteiger partial charge in [-0.3, -0.25) is 0 Å². The summed E-state index contributed by atoms with van der Waals surface area (Å²) in [6.45, 7) is 1.69. The molecule has 2 aromatic carbocycles. The topological polar surface area (TPSA) is 67.8 Å². The molecule has 0 radical (unpaired) electrons. The highest BCUT2D eigenvalue weighted by Crippen LogP contribution is 2.32. The fourth-order valence-corrected chi connectivity index (χ4v) is 2.67. The van der Waals surface area contributed by atoms with Crippen LogP contribution in [0.25, 0.3) is 0 Å². The van der Waals surface area contributed by atoms with Crippen molar-refractivity contribution in [1.29, 1.82) is 0 Å². The summed E-state index contributed by atoms with van der Waals surface area (Å²) in [6, 6.07) is 11.7. The molecule has 2 aromatic rings. The number of ether oxygens (including phenoxy) is 3. The average molecular weight is 417 g/mol. The quantitative estimate of drug-likeness (QED) is 0.468. The number of hydrogen-bond acceptors (Lipinski definition) is 5. The zero-order valence-corrected chi connectivity index (χ0v) is 16.6. The molecule has 0 N–H and O–H groups in total. The molecule has 140 valence electrons. The van der Waals surface area contributed by atoms with Gasteiger partial charge in [0.25, 0.3) is 0 Å². The van der Waals surface area contributed by atoms with Gasteiger partial charge in [0.05, 0.1) is 11.3 Å². The van der Waals surface area contributed by atoms with Gasteiger partial charge in [-0.05, 0) is 49.4 Å². The van der Waals surface area contributed by atoms with Crippen molar-refractivity contribution in [2.75, 3.05) is 18.6 Å². The molecule has 0 aliphatic carbocycles. The van der Waals surface area contributed by atoms with Crippen LogP contribution in [0, 0.1) is 0 Å². The molecule has 2 atom stereocenters. The van der Waals surface area contributed by atoms with E-state index in [1.54, 1.807) is 55.6 Å². The molecule has 26 heavy (non-hydrogen) atoms. The molecule has 0 saturated heterocycles. The van der Waals surface area contributed by atoms with Crippen molar-refractivity contribution in [3.63, 3.8) is 0 Å². The number of carbonyl (C=O) groups excluding carboxylic acids is 1. The molecular weight excluding hydrogens is 399 g/mol. The number of hydrogen-bond donors (Lipinski definition) is 0. The first-order valence-corrected chi connectivity index (χ1v) is 10.2. The van der Waals surface area contributed by atoms with E-state index in [0.717, 1.165) is 0 Å². The van der Waals surface area contributed by atoms with Crippen molar-refractivity contribution in [3.05, 3.63) is 52.5 Å². The second-order valence-electron chi connectivity index (χ2n) is 5.35. The summed E-state index contributed by atoms with van der Waals surface area (Å²) >= 11 is 10.9. The molecular formula is C18H18Cl2O5S. The van der Waals surface area contributed by atoms with Crippen molar-refractivity contribution < 1.29 is 23.6 Å². The van der Waals surface area contributed by atoms with Gasteiger partial charge in [-0.15, -0.1) is 0 Å². The van der Waals surface area contributed by atoms with Crippen LogP contribution in [0.2, 0.25) is 10.0 Å². The van der Waals surface area contributed by atoms with Gasteiger partial charge in [0, 0.05) is 5.02 Å². The first-order chi connectivity index (χ1) is 12.3. The summed E-state index contributed by atoms with van der Waals surface area (Å²) in [6.07, 6.45) is 0.770. The molecule has 2 rings (SSSR count). The van der Waals surface area contributed by atoms with E-state index in [0.29, 0.717) is 33.0 Å². The van der Waals surface area contributed by atoms with E-state index < -0.39 is 23.2 Å². The van der Waals surface area contributed by atoms with Crippen molar-refractivity contribution in [2.45, 2.75) is 13.0 Å². The molecule has 0 spiro atoms.